The first-order valence-corrected chi connectivity index (χ1v) is 6.23. The fourth-order valence-electron chi connectivity index (χ4n) is 2.96. The molecule has 1 saturated heterocycles. The Kier molecular flexibility index (Phi) is 3.33. The Labute approximate surface area is 92.1 Å². The number of rotatable bonds is 1. The van der Waals surface area contributed by atoms with Crippen molar-refractivity contribution in [1.29, 1.82) is 0 Å². The molecule has 0 aromatic carbocycles. The first-order valence-electron chi connectivity index (χ1n) is 6.23. The maximum atomic E-state index is 10.1. The van der Waals surface area contributed by atoms with Crippen LogP contribution in [0.3, 0.4) is 0 Å². The van der Waals surface area contributed by atoms with Gasteiger partial charge in [-0.05, 0) is 26.2 Å². The molecule has 0 aromatic heterocycles. The summed E-state index contributed by atoms with van der Waals surface area (Å²) in [6.07, 6.45) is 6.32. The number of aliphatic hydroxyl groups is 2. The summed E-state index contributed by atoms with van der Waals surface area (Å²) in [6.45, 7) is 3.57. The number of hydrogen-bond donors (Lipinski definition) is 2. The minimum absolute atomic E-state index is 0.179. The third kappa shape index (κ3) is 2.71. The topological polar surface area (TPSA) is 43.7 Å². The van der Waals surface area contributed by atoms with Crippen LogP contribution in [0.15, 0.2) is 0 Å². The molecule has 0 amide bonds. The Morgan fingerprint density at radius 1 is 1.20 bits per heavy atom. The lowest BCUT2D eigenvalue weighted by Crippen LogP contribution is -2.43. The van der Waals surface area contributed by atoms with Crippen LogP contribution < -0.4 is 0 Å². The molecule has 3 atom stereocenters. The number of likely N-dealkylation sites (tertiary alicyclic amines) is 1. The van der Waals surface area contributed by atoms with Gasteiger partial charge in [0.1, 0.15) is 0 Å². The normalized spacial score (nSPS) is 44.2. The van der Waals surface area contributed by atoms with Crippen molar-refractivity contribution in [2.75, 3.05) is 13.1 Å². The van der Waals surface area contributed by atoms with Crippen LogP contribution in [0.25, 0.3) is 0 Å². The van der Waals surface area contributed by atoms with Crippen molar-refractivity contribution in [3.8, 4) is 0 Å². The zero-order valence-electron chi connectivity index (χ0n) is 9.65. The van der Waals surface area contributed by atoms with E-state index in [2.05, 4.69) is 4.90 Å². The minimum Gasteiger partial charge on any atom is -0.391 e. The maximum Gasteiger partial charge on any atom is 0.0758 e. The van der Waals surface area contributed by atoms with E-state index in [0.29, 0.717) is 6.04 Å². The van der Waals surface area contributed by atoms with E-state index in [9.17, 15) is 10.2 Å². The zero-order chi connectivity index (χ0) is 10.9. The van der Waals surface area contributed by atoms with Crippen molar-refractivity contribution in [1.82, 2.24) is 4.90 Å². The van der Waals surface area contributed by atoms with Crippen molar-refractivity contribution < 1.29 is 10.2 Å². The van der Waals surface area contributed by atoms with Crippen molar-refractivity contribution in [2.24, 2.45) is 0 Å². The molecule has 2 N–H and O–H groups in total. The van der Waals surface area contributed by atoms with E-state index >= 15 is 0 Å². The molecule has 0 bridgehead atoms. The molecular formula is C12H23NO2. The maximum absolute atomic E-state index is 10.1. The molecule has 0 radical (unpaired) electrons. The Hall–Kier alpha value is -0.120. The number of nitrogens with zero attached hydrogens (tertiary/aromatic N) is 1. The van der Waals surface area contributed by atoms with Gasteiger partial charge in [-0.1, -0.05) is 19.3 Å². The van der Waals surface area contributed by atoms with Crippen LogP contribution >= 0.6 is 0 Å². The summed E-state index contributed by atoms with van der Waals surface area (Å²) in [4.78, 5) is 2.29. The van der Waals surface area contributed by atoms with Crippen molar-refractivity contribution in [2.45, 2.75) is 63.2 Å². The smallest absolute Gasteiger partial charge is 0.0758 e. The summed E-state index contributed by atoms with van der Waals surface area (Å²) in [7, 11) is 0. The van der Waals surface area contributed by atoms with Crippen LogP contribution in [0.4, 0.5) is 0 Å². The van der Waals surface area contributed by atoms with E-state index in [1.165, 1.54) is 12.8 Å². The van der Waals surface area contributed by atoms with Crippen molar-refractivity contribution >= 4 is 0 Å². The number of hydrogen-bond acceptors (Lipinski definition) is 3. The van der Waals surface area contributed by atoms with E-state index < -0.39 is 5.60 Å². The van der Waals surface area contributed by atoms with Gasteiger partial charge in [0.05, 0.1) is 11.7 Å². The highest BCUT2D eigenvalue weighted by Crippen LogP contribution is 2.28. The Bertz CT molecular complexity index is 218. The average Bonchev–Trinajstić information content (AvgIpc) is 2.39. The van der Waals surface area contributed by atoms with Crippen molar-refractivity contribution in [3.63, 3.8) is 0 Å². The summed E-state index contributed by atoms with van der Waals surface area (Å²) in [5.41, 5.74) is -0.536. The molecule has 0 spiro atoms. The second-order valence-electron chi connectivity index (χ2n) is 5.49. The Morgan fingerprint density at radius 2 is 1.93 bits per heavy atom. The van der Waals surface area contributed by atoms with Gasteiger partial charge in [0, 0.05) is 19.1 Å². The van der Waals surface area contributed by atoms with E-state index in [-0.39, 0.29) is 6.10 Å². The molecule has 3 heteroatoms. The first kappa shape index (κ1) is 11.4. The number of β-amino-alcohol motifs (C(OH)–C–C–N with tert-alkyl or cyclic N) is 1. The highest BCUT2D eigenvalue weighted by molar-refractivity contribution is 4.92. The summed E-state index contributed by atoms with van der Waals surface area (Å²) >= 11 is 0. The fraction of sp³-hybridized carbons (Fsp3) is 1.00. The molecule has 1 heterocycles. The van der Waals surface area contributed by atoms with Crippen LogP contribution in [0, 0.1) is 0 Å². The molecule has 2 fully saturated rings. The minimum atomic E-state index is -0.536. The van der Waals surface area contributed by atoms with Crippen LogP contribution in [0.2, 0.25) is 0 Å². The average molecular weight is 213 g/mol. The van der Waals surface area contributed by atoms with E-state index in [1.807, 2.05) is 6.92 Å². The predicted octanol–water partition coefficient (Wildman–Crippen LogP) is 1.14. The van der Waals surface area contributed by atoms with Crippen LogP contribution in [-0.2, 0) is 0 Å². The fourth-order valence-corrected chi connectivity index (χ4v) is 2.96. The Balaban J connectivity index is 1.96. The molecule has 0 aromatic rings. The molecule has 15 heavy (non-hydrogen) atoms. The molecule has 2 aliphatic rings. The molecule has 88 valence electrons. The zero-order valence-corrected chi connectivity index (χ0v) is 9.65. The highest BCUT2D eigenvalue weighted by atomic mass is 16.3. The Morgan fingerprint density at radius 3 is 2.60 bits per heavy atom. The lowest BCUT2D eigenvalue weighted by molar-refractivity contribution is 0.0269. The largest absolute Gasteiger partial charge is 0.391 e. The van der Waals surface area contributed by atoms with Gasteiger partial charge in [-0.2, -0.15) is 0 Å². The molecule has 3 nitrogen and oxygen atoms in total. The third-order valence-electron chi connectivity index (χ3n) is 3.89. The quantitative estimate of drug-likeness (QED) is 0.642. The summed E-state index contributed by atoms with van der Waals surface area (Å²) < 4.78 is 0. The highest BCUT2D eigenvalue weighted by Gasteiger charge is 2.37. The van der Waals surface area contributed by atoms with E-state index in [4.69, 9.17) is 0 Å². The van der Waals surface area contributed by atoms with Gasteiger partial charge in [0.2, 0.25) is 0 Å². The van der Waals surface area contributed by atoms with Crippen LogP contribution in [0.1, 0.15) is 45.4 Å². The molecule has 3 unspecified atom stereocenters. The second-order valence-corrected chi connectivity index (χ2v) is 5.49. The molecule has 1 saturated carbocycles. The first-order chi connectivity index (χ1) is 7.08. The van der Waals surface area contributed by atoms with Gasteiger partial charge >= 0.3 is 0 Å². The van der Waals surface area contributed by atoms with Crippen molar-refractivity contribution in [3.05, 3.63) is 0 Å². The predicted molar refractivity (Wildman–Crippen MR) is 59.7 cm³/mol. The lowest BCUT2D eigenvalue weighted by Gasteiger charge is -2.31. The summed E-state index contributed by atoms with van der Waals surface area (Å²) in [5, 5.41) is 20.0. The standard InChI is InChI=1S/C12H23NO2/c1-12(15)7-8-13(9-12)10-5-3-2-4-6-11(10)14/h10-11,14-15H,2-9H2,1H3. The lowest BCUT2D eigenvalue weighted by atomic mass is 10.0. The SMILES string of the molecule is CC1(O)CCN(C2CCCCCC2O)C1. The summed E-state index contributed by atoms with van der Waals surface area (Å²) in [6, 6.07) is 0.293. The second kappa shape index (κ2) is 4.40. The van der Waals surface area contributed by atoms with E-state index in [0.717, 1.165) is 38.8 Å². The van der Waals surface area contributed by atoms with Gasteiger partial charge in [-0.25, -0.2) is 0 Å². The van der Waals surface area contributed by atoms with E-state index in [1.54, 1.807) is 0 Å². The third-order valence-corrected chi connectivity index (χ3v) is 3.89. The van der Waals surface area contributed by atoms with Gasteiger partial charge in [0.15, 0.2) is 0 Å². The molecule has 1 aliphatic carbocycles. The van der Waals surface area contributed by atoms with Gasteiger partial charge in [-0.15, -0.1) is 0 Å². The number of aliphatic hydroxyl groups excluding tert-OH is 1. The monoisotopic (exact) mass is 213 g/mol. The molecule has 2 rings (SSSR count). The van der Waals surface area contributed by atoms with Gasteiger partial charge in [0.25, 0.3) is 0 Å². The van der Waals surface area contributed by atoms with Crippen LogP contribution in [-0.4, -0.2) is 45.9 Å². The van der Waals surface area contributed by atoms with Gasteiger partial charge < -0.3 is 10.2 Å². The molecule has 1 aliphatic heterocycles. The van der Waals surface area contributed by atoms with Gasteiger partial charge in [-0.3, -0.25) is 4.90 Å². The summed E-state index contributed by atoms with van der Waals surface area (Å²) in [5.74, 6) is 0. The molecular weight excluding hydrogens is 190 g/mol. The van der Waals surface area contributed by atoms with Crippen LogP contribution in [0.5, 0.6) is 0 Å².